The summed E-state index contributed by atoms with van der Waals surface area (Å²) in [5.41, 5.74) is -5.38. The normalized spacial score (nSPS) is 35.8. The predicted molar refractivity (Wildman–Crippen MR) is 40.3 cm³/mol. The van der Waals surface area contributed by atoms with Gasteiger partial charge in [-0.2, -0.15) is 4.39 Å². The van der Waals surface area contributed by atoms with E-state index in [4.69, 9.17) is 10.2 Å². The van der Waals surface area contributed by atoms with E-state index in [0.29, 0.717) is 0 Å². The smallest absolute Gasteiger partial charge is 0.350 e. The van der Waals surface area contributed by atoms with Crippen LogP contribution in [0.5, 0.6) is 0 Å². The molecule has 1 fully saturated rings. The lowest BCUT2D eigenvalue weighted by Gasteiger charge is -2.14. The number of hydrogen-bond donors (Lipinski definition) is 2. The van der Waals surface area contributed by atoms with Gasteiger partial charge in [-0.3, -0.25) is 0 Å². The summed E-state index contributed by atoms with van der Waals surface area (Å²) in [5.74, 6) is -15.3. The maximum absolute atomic E-state index is 13.5. The van der Waals surface area contributed by atoms with E-state index >= 15 is 0 Å². The summed E-state index contributed by atoms with van der Waals surface area (Å²) in [4.78, 5) is 21.0. The van der Waals surface area contributed by atoms with Crippen LogP contribution < -0.4 is 0 Å². The third-order valence-electron chi connectivity index (χ3n) is 2.44. The highest BCUT2D eigenvalue weighted by atomic mass is 19.2. The molecule has 0 aromatic heterocycles. The Hall–Kier alpha value is -1.90. The number of rotatable bonds is 2. The Labute approximate surface area is 89.6 Å². The van der Waals surface area contributed by atoms with Crippen LogP contribution in [0.4, 0.5) is 17.6 Å². The van der Waals surface area contributed by atoms with Gasteiger partial charge in [0.15, 0.2) is 17.5 Å². The quantitative estimate of drug-likeness (QED) is 0.566. The van der Waals surface area contributed by atoms with Crippen molar-refractivity contribution in [3.8, 4) is 0 Å². The van der Waals surface area contributed by atoms with Crippen LogP contribution in [0, 0.1) is 0 Å². The average Bonchev–Trinajstić information content (AvgIpc) is 2.85. The monoisotopic (exact) mass is 254 g/mol. The van der Waals surface area contributed by atoms with Gasteiger partial charge in [0.25, 0.3) is 5.60 Å². The minimum Gasteiger partial charge on any atom is -0.479 e. The van der Waals surface area contributed by atoms with Gasteiger partial charge in [-0.1, -0.05) is 0 Å². The van der Waals surface area contributed by atoms with Crippen molar-refractivity contribution in [3.05, 3.63) is 23.1 Å². The van der Waals surface area contributed by atoms with Crippen molar-refractivity contribution in [2.45, 2.75) is 11.5 Å². The number of fused-ring (bicyclic) bond motifs is 1. The van der Waals surface area contributed by atoms with Crippen molar-refractivity contribution in [3.63, 3.8) is 0 Å². The molecule has 2 rings (SSSR count). The van der Waals surface area contributed by atoms with E-state index in [1.54, 1.807) is 0 Å². The van der Waals surface area contributed by atoms with E-state index in [9.17, 15) is 27.2 Å². The first-order chi connectivity index (χ1) is 7.70. The molecule has 2 atom stereocenters. The Balaban J connectivity index is 2.71. The predicted octanol–water partition coefficient (Wildman–Crippen LogP) is 0.978. The van der Waals surface area contributed by atoms with E-state index in [1.165, 1.54) is 0 Å². The molecule has 2 aliphatic rings. The number of epoxide rings is 1. The highest BCUT2D eigenvalue weighted by molar-refractivity contribution is 5.97. The number of carboxylic acids is 2. The molecule has 0 aromatic carbocycles. The number of carboxylic acid groups (broad SMARTS) is 2. The summed E-state index contributed by atoms with van der Waals surface area (Å²) in [6.07, 6.45) is 0. The van der Waals surface area contributed by atoms with E-state index in [0.717, 1.165) is 0 Å². The van der Waals surface area contributed by atoms with Gasteiger partial charge in [-0.05, 0) is 0 Å². The molecule has 1 aliphatic carbocycles. The zero-order valence-corrected chi connectivity index (χ0v) is 7.63. The first kappa shape index (κ1) is 11.6. The Morgan fingerprint density at radius 2 is 1.65 bits per heavy atom. The summed E-state index contributed by atoms with van der Waals surface area (Å²) < 4.78 is 56.9. The van der Waals surface area contributed by atoms with Gasteiger partial charge in [-0.25, -0.2) is 22.8 Å². The summed E-state index contributed by atoms with van der Waals surface area (Å²) in [7, 11) is 0. The van der Waals surface area contributed by atoms with Gasteiger partial charge in [-0.15, -0.1) is 0 Å². The van der Waals surface area contributed by atoms with E-state index < -0.39 is 46.4 Å². The summed E-state index contributed by atoms with van der Waals surface area (Å²) >= 11 is 0. The van der Waals surface area contributed by atoms with E-state index in [2.05, 4.69) is 4.74 Å². The molecule has 1 saturated heterocycles. The summed E-state index contributed by atoms with van der Waals surface area (Å²) in [5, 5.41) is 16.9. The Morgan fingerprint density at radius 3 is 2.06 bits per heavy atom. The zero-order valence-electron chi connectivity index (χ0n) is 7.63. The highest BCUT2D eigenvalue weighted by Crippen LogP contribution is 2.63. The molecule has 2 unspecified atom stereocenters. The maximum atomic E-state index is 13.5. The van der Waals surface area contributed by atoms with Gasteiger partial charge in [0.05, 0.1) is 0 Å². The van der Waals surface area contributed by atoms with Crippen molar-refractivity contribution in [2.75, 3.05) is 0 Å². The van der Waals surface area contributed by atoms with E-state index in [1.807, 2.05) is 0 Å². The fraction of sp³-hybridized carbons (Fsp3) is 0.250. The molecule has 2 N–H and O–H groups in total. The van der Waals surface area contributed by atoms with Crippen LogP contribution in [0.15, 0.2) is 23.1 Å². The molecule has 1 heterocycles. The molecule has 17 heavy (non-hydrogen) atoms. The second-order valence-electron chi connectivity index (χ2n) is 3.31. The third kappa shape index (κ3) is 1.01. The lowest BCUT2D eigenvalue weighted by molar-refractivity contribution is -0.143. The highest BCUT2D eigenvalue weighted by Gasteiger charge is 2.86. The number of hydrogen-bond acceptors (Lipinski definition) is 3. The maximum Gasteiger partial charge on any atom is 0.350 e. The number of alkyl halides is 1. The molecular weight excluding hydrogens is 252 g/mol. The lowest BCUT2D eigenvalue weighted by Crippen LogP contribution is -2.37. The summed E-state index contributed by atoms with van der Waals surface area (Å²) in [6.45, 7) is 0. The molecule has 0 aromatic rings. The van der Waals surface area contributed by atoms with Crippen molar-refractivity contribution in [2.24, 2.45) is 0 Å². The molecule has 0 amide bonds. The zero-order chi connectivity index (χ0) is 13.2. The molecular formula is C8H2F4O5. The second-order valence-corrected chi connectivity index (χ2v) is 3.31. The van der Waals surface area contributed by atoms with Crippen LogP contribution in [-0.2, 0) is 14.3 Å². The molecule has 0 spiro atoms. The Bertz CT molecular complexity index is 524. The number of ether oxygens (including phenoxy) is 1. The van der Waals surface area contributed by atoms with Crippen molar-refractivity contribution >= 4 is 11.9 Å². The molecule has 0 saturated carbocycles. The van der Waals surface area contributed by atoms with E-state index in [-0.39, 0.29) is 0 Å². The van der Waals surface area contributed by atoms with Crippen LogP contribution in [0.25, 0.3) is 0 Å². The first-order valence-electron chi connectivity index (χ1n) is 4.02. The largest absolute Gasteiger partial charge is 0.479 e. The van der Waals surface area contributed by atoms with Crippen LogP contribution >= 0.6 is 0 Å². The topological polar surface area (TPSA) is 87.1 Å². The fourth-order valence-corrected chi connectivity index (χ4v) is 1.56. The third-order valence-corrected chi connectivity index (χ3v) is 2.44. The molecule has 5 nitrogen and oxygen atoms in total. The Morgan fingerprint density at radius 1 is 1.12 bits per heavy atom. The first-order valence-corrected chi connectivity index (χ1v) is 4.02. The van der Waals surface area contributed by atoms with Gasteiger partial charge in [0.2, 0.25) is 0 Å². The molecule has 92 valence electrons. The van der Waals surface area contributed by atoms with Crippen molar-refractivity contribution < 1.29 is 42.1 Å². The average molecular weight is 254 g/mol. The number of carbonyl (C=O) groups is 2. The van der Waals surface area contributed by atoms with Crippen LogP contribution in [0.3, 0.4) is 0 Å². The molecule has 0 bridgehead atoms. The van der Waals surface area contributed by atoms with Gasteiger partial charge >= 0.3 is 17.8 Å². The lowest BCUT2D eigenvalue weighted by atomic mass is 9.91. The minimum absolute atomic E-state index is 1.92. The van der Waals surface area contributed by atoms with Crippen molar-refractivity contribution in [1.29, 1.82) is 0 Å². The standard InChI is InChI=1S/C8H2F4O5/c9-2-1(5(13)14)3(10)8(12)7(17-8,4(2)11)6(15)16/h(H,13,14)(H,15,16). The minimum atomic E-state index is -3.81. The van der Waals surface area contributed by atoms with Gasteiger partial charge in [0, 0.05) is 0 Å². The van der Waals surface area contributed by atoms with Crippen molar-refractivity contribution in [1.82, 2.24) is 0 Å². The Kier molecular flexibility index (Phi) is 1.95. The number of halogens is 4. The van der Waals surface area contributed by atoms with Crippen LogP contribution in [0.1, 0.15) is 0 Å². The molecule has 1 aliphatic heterocycles. The molecule has 9 heteroatoms. The van der Waals surface area contributed by atoms with Crippen LogP contribution in [-0.4, -0.2) is 33.6 Å². The van der Waals surface area contributed by atoms with Gasteiger partial charge < -0.3 is 14.9 Å². The fourth-order valence-electron chi connectivity index (χ4n) is 1.56. The van der Waals surface area contributed by atoms with Gasteiger partial charge in [0.1, 0.15) is 5.57 Å². The van der Waals surface area contributed by atoms with Crippen LogP contribution in [0.2, 0.25) is 0 Å². The summed E-state index contributed by atoms with van der Waals surface area (Å²) in [6, 6.07) is 0. The SMILES string of the molecule is O=C(O)C1=C(F)C2(F)OC2(C(=O)O)C(F)=C1F. The second kappa shape index (κ2) is 2.86. The molecule has 0 radical (unpaired) electrons. The number of aliphatic carboxylic acids is 2.